The Morgan fingerprint density at radius 1 is 1.27 bits per heavy atom. The maximum absolute atomic E-state index is 13.2. The van der Waals surface area contributed by atoms with Crippen LogP contribution in [0.3, 0.4) is 0 Å². The molecular formula is C19H19FN4O2. The molecule has 0 unspecified atom stereocenters. The Morgan fingerprint density at radius 3 is 2.73 bits per heavy atom. The highest BCUT2D eigenvalue weighted by atomic mass is 19.1. The van der Waals surface area contributed by atoms with E-state index in [-0.39, 0.29) is 17.8 Å². The zero-order valence-corrected chi connectivity index (χ0v) is 14.1. The van der Waals surface area contributed by atoms with Crippen molar-refractivity contribution in [3.63, 3.8) is 0 Å². The lowest BCUT2D eigenvalue weighted by Gasteiger charge is -2.13. The lowest BCUT2D eigenvalue weighted by atomic mass is 10.2. The Labute approximate surface area is 150 Å². The number of ether oxygens (including phenoxy) is 1. The van der Waals surface area contributed by atoms with Gasteiger partial charge in [-0.2, -0.15) is 5.10 Å². The van der Waals surface area contributed by atoms with Crippen LogP contribution >= 0.6 is 0 Å². The number of aromatic nitrogens is 3. The van der Waals surface area contributed by atoms with E-state index in [0.29, 0.717) is 23.6 Å². The van der Waals surface area contributed by atoms with Crippen molar-refractivity contribution in [2.75, 3.05) is 13.2 Å². The molecular weight excluding hydrogens is 335 g/mol. The molecule has 0 spiro atoms. The topological polar surface area (TPSA) is 61.1 Å². The first-order valence-corrected chi connectivity index (χ1v) is 8.59. The first-order chi connectivity index (χ1) is 12.7. The number of amides is 1. The minimum atomic E-state index is -0.321. The van der Waals surface area contributed by atoms with Gasteiger partial charge in [-0.25, -0.2) is 9.07 Å². The van der Waals surface area contributed by atoms with E-state index in [0.717, 1.165) is 19.4 Å². The second-order valence-electron chi connectivity index (χ2n) is 6.21. The van der Waals surface area contributed by atoms with Gasteiger partial charge >= 0.3 is 0 Å². The quantitative estimate of drug-likeness (QED) is 0.766. The van der Waals surface area contributed by atoms with Crippen LogP contribution in [0, 0.1) is 5.82 Å². The van der Waals surface area contributed by atoms with Crippen molar-refractivity contribution in [3.05, 3.63) is 66.4 Å². The average Bonchev–Trinajstić information content (AvgIpc) is 3.40. The van der Waals surface area contributed by atoms with E-state index in [2.05, 4.69) is 10.4 Å². The second-order valence-corrected chi connectivity index (χ2v) is 6.21. The molecule has 6 nitrogen and oxygen atoms in total. The van der Waals surface area contributed by atoms with Crippen molar-refractivity contribution in [3.8, 4) is 11.5 Å². The third-order valence-electron chi connectivity index (χ3n) is 4.42. The van der Waals surface area contributed by atoms with Crippen LogP contribution < -0.4 is 5.32 Å². The molecule has 4 rings (SSSR count). The largest absolute Gasteiger partial charge is 0.376 e. The Bertz CT molecular complexity index is 881. The van der Waals surface area contributed by atoms with Crippen molar-refractivity contribution in [1.29, 1.82) is 0 Å². The molecule has 0 saturated carbocycles. The summed E-state index contributed by atoms with van der Waals surface area (Å²) in [5.41, 5.74) is 1.12. The second kappa shape index (κ2) is 7.13. The SMILES string of the molecule is O=C(NC[C@@H]1CCCO1)c1cnn(-c2ccc(F)cc2)c1-n1cccc1. The third-order valence-corrected chi connectivity index (χ3v) is 4.42. The summed E-state index contributed by atoms with van der Waals surface area (Å²) in [6, 6.07) is 9.74. The highest BCUT2D eigenvalue weighted by Crippen LogP contribution is 2.20. The van der Waals surface area contributed by atoms with E-state index < -0.39 is 0 Å². The third kappa shape index (κ3) is 3.25. The molecule has 1 aliphatic heterocycles. The minimum absolute atomic E-state index is 0.0705. The molecule has 1 N–H and O–H groups in total. The van der Waals surface area contributed by atoms with Gasteiger partial charge in [0.05, 0.1) is 18.0 Å². The molecule has 1 atom stereocenters. The van der Waals surface area contributed by atoms with Crippen LogP contribution in [0.15, 0.2) is 55.0 Å². The van der Waals surface area contributed by atoms with Gasteiger partial charge in [0, 0.05) is 25.5 Å². The zero-order valence-electron chi connectivity index (χ0n) is 14.1. The van der Waals surface area contributed by atoms with Gasteiger partial charge in [0.15, 0.2) is 5.82 Å². The number of carbonyl (C=O) groups excluding carboxylic acids is 1. The first kappa shape index (κ1) is 16.5. The Balaban J connectivity index is 1.66. The number of hydrogen-bond donors (Lipinski definition) is 1. The Kier molecular flexibility index (Phi) is 4.53. The number of carbonyl (C=O) groups is 1. The van der Waals surface area contributed by atoms with Crippen molar-refractivity contribution in [2.24, 2.45) is 0 Å². The zero-order chi connectivity index (χ0) is 17.9. The van der Waals surface area contributed by atoms with Gasteiger partial charge in [0.2, 0.25) is 0 Å². The van der Waals surface area contributed by atoms with Crippen molar-refractivity contribution >= 4 is 5.91 Å². The predicted molar refractivity (Wildman–Crippen MR) is 94.2 cm³/mol. The first-order valence-electron chi connectivity index (χ1n) is 8.59. The summed E-state index contributed by atoms with van der Waals surface area (Å²) < 4.78 is 22.2. The molecule has 7 heteroatoms. The van der Waals surface area contributed by atoms with Gasteiger partial charge in [-0.3, -0.25) is 4.79 Å². The summed E-state index contributed by atoms with van der Waals surface area (Å²) in [5, 5.41) is 7.28. The summed E-state index contributed by atoms with van der Waals surface area (Å²) in [7, 11) is 0. The van der Waals surface area contributed by atoms with Crippen LogP contribution in [0.1, 0.15) is 23.2 Å². The molecule has 134 valence electrons. The summed E-state index contributed by atoms with van der Waals surface area (Å²) in [6.07, 6.45) is 7.27. The predicted octanol–water partition coefficient (Wildman–Crippen LogP) is 2.71. The van der Waals surface area contributed by atoms with Crippen molar-refractivity contribution in [1.82, 2.24) is 19.7 Å². The van der Waals surface area contributed by atoms with Crippen LogP contribution in [-0.2, 0) is 4.74 Å². The molecule has 1 amide bonds. The summed E-state index contributed by atoms with van der Waals surface area (Å²) in [6.45, 7) is 1.23. The molecule has 2 aromatic heterocycles. The standard InChI is InChI=1S/C19H19FN4O2/c20-14-5-7-15(8-6-14)24-19(23-9-1-2-10-23)17(13-22-24)18(25)21-12-16-4-3-11-26-16/h1-2,5-10,13,16H,3-4,11-12H2,(H,21,25)/t16-/m0/s1. The van der Waals surface area contributed by atoms with Crippen LogP contribution in [0.5, 0.6) is 0 Å². The van der Waals surface area contributed by atoms with Gasteiger partial charge in [-0.1, -0.05) is 0 Å². The Morgan fingerprint density at radius 2 is 2.04 bits per heavy atom. The van der Waals surface area contributed by atoms with Gasteiger partial charge in [-0.15, -0.1) is 0 Å². The van der Waals surface area contributed by atoms with Gasteiger partial charge < -0.3 is 14.6 Å². The number of rotatable bonds is 5. The van der Waals surface area contributed by atoms with Crippen molar-refractivity contribution < 1.29 is 13.9 Å². The molecule has 0 bridgehead atoms. The van der Waals surface area contributed by atoms with E-state index >= 15 is 0 Å². The smallest absolute Gasteiger partial charge is 0.256 e. The minimum Gasteiger partial charge on any atom is -0.376 e. The highest BCUT2D eigenvalue weighted by Gasteiger charge is 2.22. The number of nitrogens with zero attached hydrogens (tertiary/aromatic N) is 3. The van der Waals surface area contributed by atoms with Crippen LogP contribution in [0.25, 0.3) is 11.5 Å². The lowest BCUT2D eigenvalue weighted by molar-refractivity contribution is 0.0857. The molecule has 0 aliphatic carbocycles. The summed E-state index contributed by atoms with van der Waals surface area (Å²) in [5.74, 6) is 0.0713. The van der Waals surface area contributed by atoms with E-state index in [1.165, 1.54) is 18.3 Å². The monoisotopic (exact) mass is 354 g/mol. The van der Waals surface area contributed by atoms with E-state index in [1.54, 1.807) is 16.8 Å². The molecule has 1 fully saturated rings. The van der Waals surface area contributed by atoms with E-state index in [4.69, 9.17) is 4.74 Å². The van der Waals surface area contributed by atoms with Crippen LogP contribution in [-0.4, -0.2) is 39.5 Å². The molecule has 3 aromatic rings. The van der Waals surface area contributed by atoms with Crippen molar-refractivity contribution in [2.45, 2.75) is 18.9 Å². The van der Waals surface area contributed by atoms with Gasteiger partial charge in [0.1, 0.15) is 11.4 Å². The van der Waals surface area contributed by atoms with Crippen LogP contribution in [0.2, 0.25) is 0 Å². The maximum Gasteiger partial charge on any atom is 0.256 e. The average molecular weight is 354 g/mol. The fourth-order valence-electron chi connectivity index (χ4n) is 3.10. The molecule has 1 saturated heterocycles. The molecule has 1 aromatic carbocycles. The number of halogens is 1. The van der Waals surface area contributed by atoms with Gasteiger partial charge in [-0.05, 0) is 49.2 Å². The fraction of sp³-hybridized carbons (Fsp3) is 0.263. The fourth-order valence-corrected chi connectivity index (χ4v) is 3.10. The maximum atomic E-state index is 13.2. The molecule has 0 radical (unpaired) electrons. The summed E-state index contributed by atoms with van der Waals surface area (Å²) in [4.78, 5) is 12.7. The highest BCUT2D eigenvalue weighted by molar-refractivity contribution is 5.97. The molecule has 1 aliphatic rings. The molecule has 3 heterocycles. The van der Waals surface area contributed by atoms with Crippen LogP contribution in [0.4, 0.5) is 4.39 Å². The number of hydrogen-bond acceptors (Lipinski definition) is 3. The lowest BCUT2D eigenvalue weighted by Crippen LogP contribution is -2.32. The molecule has 26 heavy (non-hydrogen) atoms. The Hall–Kier alpha value is -2.93. The van der Waals surface area contributed by atoms with E-state index in [9.17, 15) is 9.18 Å². The number of benzene rings is 1. The van der Waals surface area contributed by atoms with E-state index in [1.807, 2.05) is 29.1 Å². The van der Waals surface area contributed by atoms with Gasteiger partial charge in [0.25, 0.3) is 5.91 Å². The normalized spacial score (nSPS) is 16.7. The summed E-state index contributed by atoms with van der Waals surface area (Å²) >= 11 is 0. The number of nitrogens with one attached hydrogen (secondary N) is 1.